The van der Waals surface area contributed by atoms with E-state index in [4.69, 9.17) is 4.74 Å². The van der Waals surface area contributed by atoms with Crippen molar-refractivity contribution in [3.8, 4) is 5.75 Å². The minimum atomic E-state index is 0.788. The van der Waals surface area contributed by atoms with Crippen LogP contribution < -0.4 is 4.74 Å². The first-order chi connectivity index (χ1) is 8.86. The largest absolute Gasteiger partial charge is 0.497 e. The number of nitrogens with zero attached hydrogens (tertiary/aromatic N) is 2. The van der Waals surface area contributed by atoms with Gasteiger partial charge in [-0.05, 0) is 36.4 Å². The van der Waals surface area contributed by atoms with Crippen molar-refractivity contribution in [1.82, 2.24) is 9.55 Å². The molecule has 0 aliphatic heterocycles. The Labute approximate surface area is 106 Å². The van der Waals surface area contributed by atoms with Gasteiger partial charge >= 0.3 is 0 Å². The van der Waals surface area contributed by atoms with Gasteiger partial charge in [-0.1, -0.05) is 6.07 Å². The lowest BCUT2D eigenvalue weighted by Crippen LogP contribution is -1.99. The topological polar surface area (TPSA) is 27.1 Å². The van der Waals surface area contributed by atoms with Crippen LogP contribution in [-0.2, 0) is 6.54 Å². The SMILES string of the molecule is COc1ccc2c(ccn2Cc2ccccn2)c1. The van der Waals surface area contributed by atoms with Crippen LogP contribution in [-0.4, -0.2) is 16.7 Å². The molecule has 0 amide bonds. The van der Waals surface area contributed by atoms with Crippen LogP contribution >= 0.6 is 0 Å². The average molecular weight is 238 g/mol. The molecule has 0 spiro atoms. The second-order valence-electron chi connectivity index (χ2n) is 4.19. The normalized spacial score (nSPS) is 10.7. The Morgan fingerprint density at radius 2 is 2.11 bits per heavy atom. The number of hydrogen-bond donors (Lipinski definition) is 0. The van der Waals surface area contributed by atoms with Gasteiger partial charge in [0.1, 0.15) is 5.75 Å². The summed E-state index contributed by atoms with van der Waals surface area (Å²) >= 11 is 0. The summed E-state index contributed by atoms with van der Waals surface area (Å²) in [6, 6.07) is 14.2. The van der Waals surface area contributed by atoms with E-state index in [9.17, 15) is 0 Å². The Balaban J connectivity index is 1.98. The van der Waals surface area contributed by atoms with Gasteiger partial charge in [0.25, 0.3) is 0 Å². The number of methoxy groups -OCH3 is 1. The second-order valence-corrected chi connectivity index (χ2v) is 4.19. The van der Waals surface area contributed by atoms with Crippen LogP contribution in [0, 0.1) is 0 Å². The fraction of sp³-hybridized carbons (Fsp3) is 0.133. The number of rotatable bonds is 3. The van der Waals surface area contributed by atoms with Crippen molar-refractivity contribution in [3.05, 3.63) is 60.6 Å². The zero-order valence-electron chi connectivity index (χ0n) is 10.2. The van der Waals surface area contributed by atoms with Crippen molar-refractivity contribution in [2.45, 2.75) is 6.54 Å². The third kappa shape index (κ3) is 1.95. The van der Waals surface area contributed by atoms with E-state index in [0.717, 1.165) is 18.0 Å². The summed E-state index contributed by atoms with van der Waals surface area (Å²) in [5, 5.41) is 1.19. The van der Waals surface area contributed by atoms with E-state index in [1.165, 1.54) is 10.9 Å². The molecule has 0 atom stereocenters. The summed E-state index contributed by atoms with van der Waals surface area (Å²) in [5.41, 5.74) is 2.26. The summed E-state index contributed by atoms with van der Waals surface area (Å²) < 4.78 is 7.42. The van der Waals surface area contributed by atoms with Gasteiger partial charge in [-0.15, -0.1) is 0 Å². The number of hydrogen-bond acceptors (Lipinski definition) is 2. The van der Waals surface area contributed by atoms with E-state index in [1.807, 2.05) is 36.5 Å². The lowest BCUT2D eigenvalue weighted by molar-refractivity contribution is 0.415. The van der Waals surface area contributed by atoms with E-state index in [-0.39, 0.29) is 0 Å². The molecule has 2 heterocycles. The molecule has 0 saturated carbocycles. The summed E-state index contributed by atoms with van der Waals surface area (Å²) in [4.78, 5) is 4.35. The van der Waals surface area contributed by atoms with Crippen molar-refractivity contribution in [2.24, 2.45) is 0 Å². The highest BCUT2D eigenvalue weighted by Gasteiger charge is 2.03. The molecule has 3 nitrogen and oxygen atoms in total. The van der Waals surface area contributed by atoms with E-state index >= 15 is 0 Å². The number of fused-ring (bicyclic) bond motifs is 1. The van der Waals surface area contributed by atoms with Gasteiger partial charge in [0.05, 0.1) is 19.3 Å². The predicted molar refractivity (Wildman–Crippen MR) is 71.8 cm³/mol. The highest BCUT2D eigenvalue weighted by molar-refractivity contribution is 5.81. The molecular weight excluding hydrogens is 224 g/mol. The molecule has 0 unspecified atom stereocenters. The van der Waals surface area contributed by atoms with Crippen molar-refractivity contribution < 1.29 is 4.74 Å². The lowest BCUT2D eigenvalue weighted by atomic mass is 10.2. The molecule has 3 aromatic rings. The van der Waals surface area contributed by atoms with Gasteiger partial charge in [-0.3, -0.25) is 4.98 Å². The second kappa shape index (κ2) is 4.53. The zero-order valence-corrected chi connectivity index (χ0v) is 10.2. The standard InChI is InChI=1S/C15H14N2O/c1-18-14-5-6-15-12(10-14)7-9-17(15)11-13-4-2-3-8-16-13/h2-10H,11H2,1H3. The smallest absolute Gasteiger partial charge is 0.119 e. The molecule has 0 fully saturated rings. The predicted octanol–water partition coefficient (Wildman–Crippen LogP) is 3.09. The van der Waals surface area contributed by atoms with Crippen molar-refractivity contribution in [3.63, 3.8) is 0 Å². The highest BCUT2D eigenvalue weighted by Crippen LogP contribution is 2.22. The van der Waals surface area contributed by atoms with Crippen LogP contribution in [0.25, 0.3) is 10.9 Å². The molecule has 1 aromatic carbocycles. The Bertz CT molecular complexity index is 659. The summed E-state index contributed by atoms with van der Waals surface area (Å²) in [5.74, 6) is 0.887. The van der Waals surface area contributed by atoms with Gasteiger partial charge in [0, 0.05) is 23.3 Å². The molecule has 0 aliphatic rings. The van der Waals surface area contributed by atoms with Crippen LogP contribution in [0.2, 0.25) is 0 Å². The number of ether oxygens (including phenoxy) is 1. The fourth-order valence-corrected chi connectivity index (χ4v) is 2.11. The minimum absolute atomic E-state index is 0.788. The molecule has 3 rings (SSSR count). The van der Waals surface area contributed by atoms with Gasteiger partial charge in [-0.25, -0.2) is 0 Å². The van der Waals surface area contributed by atoms with Crippen LogP contribution in [0.5, 0.6) is 5.75 Å². The third-order valence-electron chi connectivity index (χ3n) is 3.04. The van der Waals surface area contributed by atoms with E-state index in [1.54, 1.807) is 7.11 Å². The molecule has 0 aliphatic carbocycles. The Morgan fingerprint density at radius 1 is 1.17 bits per heavy atom. The molecule has 0 bridgehead atoms. The zero-order chi connectivity index (χ0) is 12.4. The first-order valence-corrected chi connectivity index (χ1v) is 5.89. The number of pyridine rings is 1. The van der Waals surface area contributed by atoms with E-state index < -0.39 is 0 Å². The monoisotopic (exact) mass is 238 g/mol. The average Bonchev–Trinajstić information content (AvgIpc) is 2.82. The van der Waals surface area contributed by atoms with Crippen molar-refractivity contribution >= 4 is 10.9 Å². The molecule has 18 heavy (non-hydrogen) atoms. The van der Waals surface area contributed by atoms with E-state index in [2.05, 4.69) is 27.9 Å². The summed E-state index contributed by atoms with van der Waals surface area (Å²) in [6.45, 7) is 0.788. The van der Waals surface area contributed by atoms with Crippen LogP contribution in [0.3, 0.4) is 0 Å². The molecule has 0 saturated heterocycles. The third-order valence-corrected chi connectivity index (χ3v) is 3.04. The van der Waals surface area contributed by atoms with Crippen LogP contribution in [0.15, 0.2) is 54.9 Å². The maximum atomic E-state index is 5.23. The quantitative estimate of drug-likeness (QED) is 0.701. The maximum Gasteiger partial charge on any atom is 0.119 e. The van der Waals surface area contributed by atoms with Gasteiger partial charge in [0.15, 0.2) is 0 Å². The van der Waals surface area contributed by atoms with E-state index in [0.29, 0.717) is 0 Å². The van der Waals surface area contributed by atoms with Gasteiger partial charge in [-0.2, -0.15) is 0 Å². The lowest BCUT2D eigenvalue weighted by Gasteiger charge is -2.05. The molecule has 0 radical (unpaired) electrons. The van der Waals surface area contributed by atoms with Crippen molar-refractivity contribution in [1.29, 1.82) is 0 Å². The minimum Gasteiger partial charge on any atom is -0.497 e. The number of benzene rings is 1. The summed E-state index contributed by atoms with van der Waals surface area (Å²) in [7, 11) is 1.69. The Morgan fingerprint density at radius 3 is 2.89 bits per heavy atom. The van der Waals surface area contributed by atoms with Gasteiger partial charge < -0.3 is 9.30 Å². The summed E-state index contributed by atoms with van der Waals surface area (Å²) in [6.07, 6.45) is 3.91. The number of aromatic nitrogens is 2. The Hall–Kier alpha value is -2.29. The van der Waals surface area contributed by atoms with Crippen molar-refractivity contribution in [2.75, 3.05) is 7.11 Å². The van der Waals surface area contributed by atoms with Crippen LogP contribution in [0.1, 0.15) is 5.69 Å². The molecule has 2 aromatic heterocycles. The first kappa shape index (κ1) is 10.8. The molecule has 3 heteroatoms. The van der Waals surface area contributed by atoms with Crippen LogP contribution in [0.4, 0.5) is 0 Å². The first-order valence-electron chi connectivity index (χ1n) is 5.89. The fourth-order valence-electron chi connectivity index (χ4n) is 2.11. The molecule has 0 N–H and O–H groups in total. The molecule has 90 valence electrons. The Kier molecular flexibility index (Phi) is 2.73. The maximum absolute atomic E-state index is 5.23. The van der Waals surface area contributed by atoms with Gasteiger partial charge in [0.2, 0.25) is 0 Å². The molecular formula is C15H14N2O. The highest BCUT2D eigenvalue weighted by atomic mass is 16.5.